The lowest BCUT2D eigenvalue weighted by Gasteiger charge is -2.46. The van der Waals surface area contributed by atoms with E-state index in [0.29, 0.717) is 12.8 Å². The van der Waals surface area contributed by atoms with Gasteiger partial charge >= 0.3 is 0 Å². The van der Waals surface area contributed by atoms with Crippen molar-refractivity contribution in [3.63, 3.8) is 0 Å². The molecule has 558 valence electrons. The number of carbonyl (C=O) groups is 1. The molecule has 2 rings (SSSR count). The molecule has 96 heavy (non-hydrogen) atoms. The van der Waals surface area contributed by atoms with Gasteiger partial charge in [-0.15, -0.1) is 0 Å². The Bertz CT molecular complexity index is 1940. The Labute approximate surface area is 586 Å². The molecule has 14 nitrogen and oxygen atoms in total. The topological polar surface area (TPSA) is 228 Å². The summed E-state index contributed by atoms with van der Waals surface area (Å²) in [6, 6.07) is -0.941. The Morgan fingerprint density at radius 3 is 1.15 bits per heavy atom. The van der Waals surface area contributed by atoms with Gasteiger partial charge in [0.25, 0.3) is 0 Å². The summed E-state index contributed by atoms with van der Waals surface area (Å²) in [5, 5.41) is 87.6. The van der Waals surface area contributed by atoms with Crippen LogP contribution in [0.1, 0.15) is 335 Å². The van der Waals surface area contributed by atoms with Gasteiger partial charge in [0, 0.05) is 6.42 Å². The first-order chi connectivity index (χ1) is 47.1. The number of aliphatic hydroxyl groups is 8. The molecule has 0 aliphatic carbocycles. The van der Waals surface area contributed by atoms with E-state index in [4.69, 9.17) is 18.9 Å². The van der Waals surface area contributed by atoms with Crippen LogP contribution in [-0.4, -0.2) is 140 Å². The summed E-state index contributed by atoms with van der Waals surface area (Å²) in [6.07, 6.45) is 75.3. The SMILES string of the molecule is CC/C=C\C/C=C\C/C=C\C/C=C\CCCCCCCCCCCCCCCCCCCCCCCCCCCCC(=O)NC(COC1OC(CO)C(OC2OC(CO)C(O)C(O)C2O)C(O)C1O)C(O)/C=C/CC/C=C/CC/C=C/CCCCCCCCCCCCCCC. The van der Waals surface area contributed by atoms with E-state index < -0.39 is 86.8 Å². The molecule has 1 amide bonds. The quantitative estimate of drug-likeness (QED) is 0.0204. The van der Waals surface area contributed by atoms with E-state index in [-0.39, 0.29) is 18.9 Å². The van der Waals surface area contributed by atoms with Crippen LogP contribution in [0.5, 0.6) is 0 Å². The fourth-order valence-electron chi connectivity index (χ4n) is 12.8. The Hall–Kier alpha value is -2.83. The number of allylic oxidation sites excluding steroid dienone is 13. The summed E-state index contributed by atoms with van der Waals surface area (Å²) in [5.41, 5.74) is 0. The average molecular weight is 1360 g/mol. The van der Waals surface area contributed by atoms with Crippen LogP contribution in [0.2, 0.25) is 0 Å². The maximum atomic E-state index is 13.4. The zero-order valence-electron chi connectivity index (χ0n) is 61.1. The van der Waals surface area contributed by atoms with Crippen LogP contribution in [0.3, 0.4) is 0 Å². The first-order valence-corrected chi connectivity index (χ1v) is 39.8. The lowest BCUT2D eigenvalue weighted by Crippen LogP contribution is -2.65. The molecule has 2 aliphatic rings. The molecule has 2 saturated heterocycles. The molecule has 0 aromatic carbocycles. The van der Waals surface area contributed by atoms with E-state index in [1.54, 1.807) is 6.08 Å². The third-order valence-electron chi connectivity index (χ3n) is 19.0. The third-order valence-corrected chi connectivity index (χ3v) is 19.0. The lowest BCUT2D eigenvalue weighted by molar-refractivity contribution is -0.359. The third kappa shape index (κ3) is 48.1. The minimum atomic E-state index is -1.80. The molecule has 0 aromatic rings. The molecular weight excluding hydrogens is 1210 g/mol. The summed E-state index contributed by atoms with van der Waals surface area (Å²) in [5.74, 6) is -0.248. The summed E-state index contributed by atoms with van der Waals surface area (Å²) in [7, 11) is 0. The fourth-order valence-corrected chi connectivity index (χ4v) is 12.8. The highest BCUT2D eigenvalue weighted by Crippen LogP contribution is 2.30. The Morgan fingerprint density at radius 1 is 0.385 bits per heavy atom. The van der Waals surface area contributed by atoms with E-state index in [0.717, 1.165) is 70.6 Å². The molecule has 0 bridgehead atoms. The van der Waals surface area contributed by atoms with Crippen molar-refractivity contribution in [1.82, 2.24) is 5.32 Å². The minimum absolute atomic E-state index is 0.248. The van der Waals surface area contributed by atoms with Crippen molar-refractivity contribution in [2.75, 3.05) is 19.8 Å². The van der Waals surface area contributed by atoms with Crippen molar-refractivity contribution >= 4 is 5.91 Å². The Kier molecular flexibility index (Phi) is 60.9. The van der Waals surface area contributed by atoms with E-state index in [1.165, 1.54) is 231 Å². The molecule has 2 heterocycles. The molecule has 12 atom stereocenters. The molecule has 14 heteroatoms. The van der Waals surface area contributed by atoms with Crippen molar-refractivity contribution in [3.8, 4) is 0 Å². The monoisotopic (exact) mass is 1350 g/mol. The zero-order valence-corrected chi connectivity index (χ0v) is 61.1. The van der Waals surface area contributed by atoms with Gasteiger partial charge in [0.1, 0.15) is 48.8 Å². The first kappa shape index (κ1) is 89.3. The van der Waals surface area contributed by atoms with Crippen LogP contribution >= 0.6 is 0 Å². The maximum Gasteiger partial charge on any atom is 0.220 e. The number of ether oxygens (including phenoxy) is 4. The number of aliphatic hydroxyl groups excluding tert-OH is 8. The van der Waals surface area contributed by atoms with Crippen molar-refractivity contribution in [3.05, 3.63) is 85.1 Å². The van der Waals surface area contributed by atoms with Gasteiger partial charge < -0.3 is 65.1 Å². The molecule has 0 aromatic heterocycles. The maximum absolute atomic E-state index is 13.4. The second-order valence-electron chi connectivity index (χ2n) is 27.8. The standard InChI is InChI=1S/C82H147NO13/c1-3-5-7-9-11-13-15-17-19-21-23-25-27-28-29-30-31-32-33-34-35-36-37-38-39-40-41-42-44-46-48-50-52-54-56-58-60-62-64-66-74(87)83-70(69-93-81-79(92)77(90)80(73(68-85)95-81)96-82-78(91)76(89)75(88)72(67-84)94-82)71(86)65-63-61-59-57-55-53-51-49-47-45-43-26-24-22-20-18-16-14-12-10-8-6-4-2/h5,7,11,13,17,19,23,25,47,49,55,57,63,65,70-73,75-82,84-86,88-92H,3-4,6,8-10,12,14-16,18,20-22,24,26-46,48,50-54,56,58-62,64,66-69H2,1-2H3,(H,83,87)/b7-5-,13-11-,19-17-,25-23-,49-47+,57-55+,65-63+. The number of unbranched alkanes of at least 4 members (excludes halogenated alkanes) is 41. The van der Waals surface area contributed by atoms with Crippen LogP contribution in [0, 0.1) is 0 Å². The Balaban J connectivity index is 1.59. The van der Waals surface area contributed by atoms with Crippen LogP contribution < -0.4 is 5.32 Å². The second-order valence-corrected chi connectivity index (χ2v) is 27.8. The van der Waals surface area contributed by atoms with Gasteiger partial charge in [0.15, 0.2) is 12.6 Å². The molecule has 2 fully saturated rings. The van der Waals surface area contributed by atoms with E-state index in [2.05, 4.69) is 92.1 Å². The number of carbonyl (C=O) groups excluding carboxylic acids is 1. The van der Waals surface area contributed by atoms with Gasteiger partial charge in [0.2, 0.25) is 5.91 Å². The predicted octanol–water partition coefficient (Wildman–Crippen LogP) is 17.9. The fraction of sp³-hybridized carbons (Fsp3) is 0.817. The molecule has 9 N–H and O–H groups in total. The zero-order chi connectivity index (χ0) is 69.4. The van der Waals surface area contributed by atoms with E-state index >= 15 is 0 Å². The molecular formula is C82H147NO13. The van der Waals surface area contributed by atoms with E-state index in [1.807, 2.05) is 6.08 Å². The number of amides is 1. The number of rotatable bonds is 66. The largest absolute Gasteiger partial charge is 0.394 e. The molecule has 12 unspecified atom stereocenters. The van der Waals surface area contributed by atoms with Crippen molar-refractivity contribution in [2.45, 2.75) is 408 Å². The molecule has 2 aliphatic heterocycles. The normalized spacial score (nSPS) is 22.7. The van der Waals surface area contributed by atoms with Gasteiger partial charge in [0.05, 0.1) is 32.0 Å². The Morgan fingerprint density at radius 2 is 0.729 bits per heavy atom. The summed E-state index contributed by atoms with van der Waals surface area (Å²) in [4.78, 5) is 13.4. The summed E-state index contributed by atoms with van der Waals surface area (Å²) < 4.78 is 22.9. The predicted molar refractivity (Wildman–Crippen MR) is 396 cm³/mol. The number of nitrogens with one attached hydrogen (secondary N) is 1. The van der Waals surface area contributed by atoms with Gasteiger partial charge in [-0.3, -0.25) is 4.79 Å². The van der Waals surface area contributed by atoms with Gasteiger partial charge in [-0.1, -0.05) is 330 Å². The molecule has 0 radical (unpaired) electrons. The van der Waals surface area contributed by atoms with Gasteiger partial charge in [-0.2, -0.15) is 0 Å². The average Bonchev–Trinajstić information content (AvgIpc) is 0.806. The van der Waals surface area contributed by atoms with Crippen LogP contribution in [0.15, 0.2) is 85.1 Å². The van der Waals surface area contributed by atoms with Crippen molar-refractivity contribution < 1.29 is 64.6 Å². The van der Waals surface area contributed by atoms with Crippen LogP contribution in [0.25, 0.3) is 0 Å². The van der Waals surface area contributed by atoms with Crippen molar-refractivity contribution in [1.29, 1.82) is 0 Å². The number of hydrogen-bond donors (Lipinski definition) is 9. The summed E-state index contributed by atoms with van der Waals surface area (Å²) >= 11 is 0. The molecule has 0 spiro atoms. The van der Waals surface area contributed by atoms with Crippen LogP contribution in [0.4, 0.5) is 0 Å². The smallest absolute Gasteiger partial charge is 0.220 e. The summed E-state index contributed by atoms with van der Waals surface area (Å²) in [6.45, 7) is 2.70. The highest BCUT2D eigenvalue weighted by molar-refractivity contribution is 5.76. The highest BCUT2D eigenvalue weighted by Gasteiger charge is 2.51. The van der Waals surface area contributed by atoms with E-state index in [9.17, 15) is 45.6 Å². The minimum Gasteiger partial charge on any atom is -0.394 e. The lowest BCUT2D eigenvalue weighted by atomic mass is 9.97. The van der Waals surface area contributed by atoms with Gasteiger partial charge in [-0.25, -0.2) is 0 Å². The second kappa shape index (κ2) is 65.5. The van der Waals surface area contributed by atoms with Crippen molar-refractivity contribution in [2.24, 2.45) is 0 Å². The number of hydrogen-bond acceptors (Lipinski definition) is 13. The highest BCUT2D eigenvalue weighted by atomic mass is 16.7. The molecule has 0 saturated carbocycles. The van der Waals surface area contributed by atoms with Crippen LogP contribution in [-0.2, 0) is 23.7 Å². The van der Waals surface area contributed by atoms with Gasteiger partial charge in [-0.05, 0) is 83.5 Å². The first-order valence-electron chi connectivity index (χ1n) is 39.8.